The van der Waals surface area contributed by atoms with Crippen molar-refractivity contribution in [2.45, 2.75) is 24.3 Å². The molecule has 3 aromatic heterocycles. The Balaban J connectivity index is 1.61. The number of thioether (sulfide) groups is 1. The molecule has 0 aliphatic rings. The Labute approximate surface area is 161 Å². The molecule has 0 saturated carbocycles. The van der Waals surface area contributed by atoms with Gasteiger partial charge in [-0.15, -0.1) is 10.2 Å². The molecule has 4 aromatic rings. The van der Waals surface area contributed by atoms with Crippen LogP contribution < -0.4 is 0 Å². The van der Waals surface area contributed by atoms with Gasteiger partial charge in [0.1, 0.15) is 0 Å². The minimum Gasteiger partial charge on any atom is -0.358 e. The Morgan fingerprint density at radius 1 is 1.15 bits per heavy atom. The second-order valence-electron chi connectivity index (χ2n) is 6.40. The summed E-state index contributed by atoms with van der Waals surface area (Å²) in [6, 6.07) is 11.7. The highest BCUT2D eigenvalue weighted by Crippen LogP contribution is 2.30. The summed E-state index contributed by atoms with van der Waals surface area (Å²) in [4.78, 5) is 20.5. The average Bonchev–Trinajstić information content (AvgIpc) is 3.21. The van der Waals surface area contributed by atoms with Gasteiger partial charge in [0.05, 0.1) is 5.25 Å². The molecule has 0 bridgehead atoms. The van der Waals surface area contributed by atoms with Crippen molar-refractivity contribution >= 4 is 28.4 Å². The van der Waals surface area contributed by atoms with E-state index < -0.39 is 0 Å². The minimum atomic E-state index is -0.281. The number of H-pyrrole nitrogens is 1. The van der Waals surface area contributed by atoms with Gasteiger partial charge >= 0.3 is 0 Å². The first-order valence-electron chi connectivity index (χ1n) is 8.64. The van der Waals surface area contributed by atoms with E-state index in [1.54, 1.807) is 12.4 Å². The van der Waals surface area contributed by atoms with Crippen molar-refractivity contribution < 1.29 is 4.79 Å². The van der Waals surface area contributed by atoms with Crippen molar-refractivity contribution in [3.05, 3.63) is 60.0 Å². The fourth-order valence-electron chi connectivity index (χ4n) is 3.18. The first-order valence-corrected chi connectivity index (χ1v) is 9.52. The largest absolute Gasteiger partial charge is 0.358 e. The van der Waals surface area contributed by atoms with E-state index in [4.69, 9.17) is 0 Å². The number of benzene rings is 1. The molecule has 7 heteroatoms. The Morgan fingerprint density at radius 2 is 1.89 bits per heavy atom. The minimum absolute atomic E-state index is 0.0865. The molecule has 0 saturated heterocycles. The molecule has 136 valence electrons. The van der Waals surface area contributed by atoms with E-state index >= 15 is 0 Å². The third-order valence-electron chi connectivity index (χ3n) is 4.56. The van der Waals surface area contributed by atoms with E-state index in [0.29, 0.717) is 5.16 Å². The van der Waals surface area contributed by atoms with Crippen LogP contribution in [0.5, 0.6) is 0 Å². The zero-order chi connectivity index (χ0) is 19.0. The van der Waals surface area contributed by atoms with Gasteiger partial charge in [-0.1, -0.05) is 30.0 Å². The number of fused-ring (bicyclic) bond motifs is 1. The smallest absolute Gasteiger partial charge is 0.191 e. The molecular weight excluding hydrogens is 358 g/mol. The van der Waals surface area contributed by atoms with Crippen molar-refractivity contribution in [1.82, 2.24) is 24.7 Å². The van der Waals surface area contributed by atoms with Crippen molar-refractivity contribution in [2.75, 3.05) is 0 Å². The maximum absolute atomic E-state index is 13.1. The number of ketones is 1. The normalized spacial score (nSPS) is 12.4. The number of hydrogen-bond acceptors (Lipinski definition) is 5. The first-order chi connectivity index (χ1) is 13.1. The Bertz CT molecular complexity index is 1120. The zero-order valence-electron chi connectivity index (χ0n) is 15.3. The van der Waals surface area contributed by atoms with Gasteiger partial charge < -0.3 is 9.55 Å². The predicted octanol–water partition coefficient (Wildman–Crippen LogP) is 4.03. The number of nitrogens with one attached hydrogen (secondary N) is 1. The Morgan fingerprint density at radius 3 is 2.67 bits per heavy atom. The van der Waals surface area contributed by atoms with E-state index in [-0.39, 0.29) is 11.0 Å². The number of rotatable bonds is 5. The van der Waals surface area contributed by atoms with Crippen LogP contribution in [0, 0.1) is 6.92 Å². The lowest BCUT2D eigenvalue weighted by Gasteiger charge is -2.10. The highest BCUT2D eigenvalue weighted by atomic mass is 32.2. The Hall–Kier alpha value is -2.93. The summed E-state index contributed by atoms with van der Waals surface area (Å²) >= 11 is 1.42. The fourth-order valence-corrected chi connectivity index (χ4v) is 4.05. The molecule has 0 aliphatic heterocycles. The van der Waals surface area contributed by atoms with Crippen LogP contribution in [-0.4, -0.2) is 35.8 Å². The van der Waals surface area contributed by atoms with Gasteiger partial charge in [-0.05, 0) is 32.0 Å². The first kappa shape index (κ1) is 17.5. The second-order valence-corrected chi connectivity index (χ2v) is 7.70. The van der Waals surface area contributed by atoms with E-state index in [9.17, 15) is 4.79 Å². The molecule has 0 fully saturated rings. The Kier molecular flexibility index (Phi) is 4.53. The molecular formula is C20H19N5OS. The summed E-state index contributed by atoms with van der Waals surface area (Å²) in [6.45, 7) is 3.85. The average molecular weight is 377 g/mol. The number of para-hydroxylation sites is 1. The van der Waals surface area contributed by atoms with Crippen molar-refractivity contribution in [1.29, 1.82) is 0 Å². The lowest BCUT2D eigenvalue weighted by molar-refractivity contribution is 0.0995. The van der Waals surface area contributed by atoms with Gasteiger partial charge in [0.2, 0.25) is 0 Å². The molecule has 0 spiro atoms. The lowest BCUT2D eigenvalue weighted by Crippen LogP contribution is -2.15. The fraction of sp³-hybridized carbons (Fsp3) is 0.200. The topological polar surface area (TPSA) is 76.5 Å². The summed E-state index contributed by atoms with van der Waals surface area (Å²) in [5, 5.41) is 9.94. The van der Waals surface area contributed by atoms with E-state index in [1.807, 2.05) is 61.9 Å². The molecule has 4 rings (SSSR count). The molecule has 6 nitrogen and oxygen atoms in total. The van der Waals surface area contributed by atoms with E-state index in [1.165, 1.54) is 11.8 Å². The maximum Gasteiger partial charge on any atom is 0.191 e. The van der Waals surface area contributed by atoms with Gasteiger partial charge in [0.15, 0.2) is 16.8 Å². The number of pyridine rings is 1. The van der Waals surface area contributed by atoms with Crippen LogP contribution in [0.2, 0.25) is 0 Å². The number of Topliss-reactive ketones (excluding diaryl/α,β-unsaturated/α-hetero) is 1. The van der Waals surface area contributed by atoms with Crippen LogP contribution in [0.25, 0.3) is 22.3 Å². The van der Waals surface area contributed by atoms with Crippen LogP contribution in [-0.2, 0) is 7.05 Å². The number of carbonyl (C=O) groups excluding carboxylic acids is 1. The third-order valence-corrected chi connectivity index (χ3v) is 5.70. The van der Waals surface area contributed by atoms with E-state index in [0.717, 1.165) is 33.5 Å². The van der Waals surface area contributed by atoms with Crippen LogP contribution in [0.3, 0.4) is 0 Å². The van der Waals surface area contributed by atoms with Gasteiger partial charge in [-0.2, -0.15) is 0 Å². The quantitative estimate of drug-likeness (QED) is 0.420. The summed E-state index contributed by atoms with van der Waals surface area (Å²) in [6.07, 6.45) is 3.45. The van der Waals surface area contributed by atoms with Crippen molar-refractivity contribution in [3.63, 3.8) is 0 Å². The van der Waals surface area contributed by atoms with Crippen LogP contribution in [0.1, 0.15) is 23.0 Å². The lowest BCUT2D eigenvalue weighted by atomic mass is 10.1. The SMILES string of the molecule is Cc1[nH]c2ccccc2c1C(=O)[C@@H](C)Sc1nnc(-c2ccncc2)n1C. The number of aromatic nitrogens is 5. The molecule has 27 heavy (non-hydrogen) atoms. The van der Waals surface area contributed by atoms with Crippen LogP contribution in [0.4, 0.5) is 0 Å². The zero-order valence-corrected chi connectivity index (χ0v) is 16.1. The van der Waals surface area contributed by atoms with Crippen molar-refractivity contribution in [2.24, 2.45) is 7.05 Å². The van der Waals surface area contributed by atoms with Crippen molar-refractivity contribution in [3.8, 4) is 11.4 Å². The summed E-state index contributed by atoms with van der Waals surface area (Å²) < 4.78 is 1.91. The molecule has 3 heterocycles. The number of aromatic amines is 1. The molecule has 0 unspecified atom stereocenters. The summed E-state index contributed by atoms with van der Waals surface area (Å²) in [5.41, 5.74) is 3.57. The van der Waals surface area contributed by atoms with Crippen LogP contribution in [0.15, 0.2) is 53.9 Å². The highest BCUT2D eigenvalue weighted by Gasteiger charge is 2.24. The highest BCUT2D eigenvalue weighted by molar-refractivity contribution is 8.00. The molecule has 0 radical (unpaired) electrons. The van der Waals surface area contributed by atoms with Gasteiger partial charge in [0, 0.05) is 47.2 Å². The maximum atomic E-state index is 13.1. The molecule has 1 aromatic carbocycles. The monoisotopic (exact) mass is 377 g/mol. The summed E-state index contributed by atoms with van der Waals surface area (Å²) in [7, 11) is 1.91. The molecule has 0 aliphatic carbocycles. The summed E-state index contributed by atoms with van der Waals surface area (Å²) in [5.74, 6) is 0.839. The number of hydrogen-bond donors (Lipinski definition) is 1. The third kappa shape index (κ3) is 3.14. The van der Waals surface area contributed by atoms with Crippen LogP contribution >= 0.6 is 11.8 Å². The van der Waals surface area contributed by atoms with Gasteiger partial charge in [0.25, 0.3) is 0 Å². The predicted molar refractivity (Wildman–Crippen MR) is 107 cm³/mol. The molecule has 0 amide bonds. The number of aryl methyl sites for hydroxylation is 1. The molecule has 1 N–H and O–H groups in total. The number of nitrogens with zero attached hydrogens (tertiary/aromatic N) is 4. The standard InChI is InChI=1S/C20H19N5OS/c1-12-17(15-6-4-5-7-16(15)22-12)18(26)13(2)27-20-24-23-19(25(20)3)14-8-10-21-11-9-14/h4-11,13,22H,1-3H3/t13-/m1/s1. The van der Waals surface area contributed by atoms with Gasteiger partial charge in [-0.3, -0.25) is 9.78 Å². The second kappa shape index (κ2) is 7.00. The van der Waals surface area contributed by atoms with Gasteiger partial charge in [-0.25, -0.2) is 0 Å². The number of carbonyl (C=O) groups is 1. The molecule has 1 atom stereocenters. The van der Waals surface area contributed by atoms with E-state index in [2.05, 4.69) is 20.2 Å².